The van der Waals surface area contributed by atoms with E-state index in [0.717, 1.165) is 0 Å². The second-order valence-corrected chi connectivity index (χ2v) is 6.82. The number of carbonyl (C=O) groups excluding carboxylic acids is 2. The maximum Gasteiger partial charge on any atom is 0.272 e. The maximum absolute atomic E-state index is 12.7. The van der Waals surface area contributed by atoms with Crippen LogP contribution in [-0.4, -0.2) is 52.8 Å². The zero-order valence-electron chi connectivity index (χ0n) is 14.2. The molecule has 6 nitrogen and oxygen atoms in total. The van der Waals surface area contributed by atoms with Crippen LogP contribution >= 0.6 is 23.2 Å². The van der Waals surface area contributed by atoms with Crippen molar-refractivity contribution in [3.05, 3.63) is 52.3 Å². The molecule has 1 aliphatic heterocycles. The van der Waals surface area contributed by atoms with Crippen LogP contribution in [0.2, 0.25) is 10.0 Å². The highest BCUT2D eigenvalue weighted by Crippen LogP contribution is 2.28. The Morgan fingerprint density at radius 2 is 1.73 bits per heavy atom. The molecule has 2 aromatic rings. The molecular weight excluding hydrogens is 375 g/mol. The highest BCUT2D eigenvalue weighted by Gasteiger charge is 2.24. The first-order chi connectivity index (χ1) is 12.4. The van der Waals surface area contributed by atoms with Gasteiger partial charge < -0.3 is 15.1 Å². The molecule has 1 aromatic carbocycles. The summed E-state index contributed by atoms with van der Waals surface area (Å²) in [7, 11) is 0. The van der Waals surface area contributed by atoms with Gasteiger partial charge in [0.15, 0.2) is 0 Å². The minimum atomic E-state index is -0.154. The molecule has 0 aliphatic carbocycles. The van der Waals surface area contributed by atoms with E-state index in [-0.39, 0.29) is 11.8 Å². The van der Waals surface area contributed by atoms with Crippen LogP contribution in [0.4, 0.5) is 11.4 Å². The highest BCUT2D eigenvalue weighted by molar-refractivity contribution is 6.36. The number of carbonyl (C=O) groups is 2. The van der Waals surface area contributed by atoms with Crippen LogP contribution < -0.4 is 5.32 Å². The summed E-state index contributed by atoms with van der Waals surface area (Å²) in [6.45, 7) is 3.62. The van der Waals surface area contributed by atoms with Crippen LogP contribution in [0.25, 0.3) is 0 Å². The number of anilines is 2. The van der Waals surface area contributed by atoms with Crippen LogP contribution in [0.5, 0.6) is 0 Å². The van der Waals surface area contributed by atoms with Gasteiger partial charge in [0.05, 0.1) is 10.7 Å². The number of halogens is 2. The van der Waals surface area contributed by atoms with Gasteiger partial charge in [0.2, 0.25) is 5.91 Å². The molecule has 0 radical (unpaired) electrons. The van der Waals surface area contributed by atoms with Crippen molar-refractivity contribution in [2.45, 2.75) is 6.92 Å². The van der Waals surface area contributed by atoms with E-state index in [2.05, 4.69) is 10.3 Å². The Labute approximate surface area is 161 Å². The van der Waals surface area contributed by atoms with Crippen molar-refractivity contribution in [1.29, 1.82) is 0 Å². The van der Waals surface area contributed by atoms with E-state index >= 15 is 0 Å². The maximum atomic E-state index is 12.7. The molecular formula is C18H18Cl2N4O2. The van der Waals surface area contributed by atoms with E-state index in [1.807, 2.05) is 0 Å². The smallest absolute Gasteiger partial charge is 0.272 e. The summed E-state index contributed by atoms with van der Waals surface area (Å²) < 4.78 is 0. The van der Waals surface area contributed by atoms with E-state index in [4.69, 9.17) is 23.2 Å². The minimum Gasteiger partial charge on any atom is -0.354 e. The molecule has 1 fully saturated rings. The fourth-order valence-corrected chi connectivity index (χ4v) is 3.21. The molecule has 26 heavy (non-hydrogen) atoms. The molecule has 2 amide bonds. The summed E-state index contributed by atoms with van der Waals surface area (Å²) in [5.41, 5.74) is 1.74. The molecule has 0 bridgehead atoms. The normalized spacial score (nSPS) is 14.3. The second-order valence-electron chi connectivity index (χ2n) is 5.98. The fraction of sp³-hybridized carbons (Fsp3) is 0.278. The average molecular weight is 393 g/mol. The Hall–Kier alpha value is -2.31. The van der Waals surface area contributed by atoms with E-state index in [0.29, 0.717) is 53.3 Å². The Kier molecular flexibility index (Phi) is 5.64. The van der Waals surface area contributed by atoms with Gasteiger partial charge in [-0.3, -0.25) is 14.6 Å². The first-order valence-corrected chi connectivity index (χ1v) is 8.92. The van der Waals surface area contributed by atoms with Gasteiger partial charge in [-0.25, -0.2) is 0 Å². The van der Waals surface area contributed by atoms with Crippen LogP contribution in [0, 0.1) is 0 Å². The van der Waals surface area contributed by atoms with Crippen molar-refractivity contribution in [2.75, 3.05) is 31.5 Å². The third-order valence-corrected chi connectivity index (χ3v) is 4.75. The number of hydrogen-bond acceptors (Lipinski definition) is 4. The quantitative estimate of drug-likeness (QED) is 0.868. The lowest BCUT2D eigenvalue weighted by Gasteiger charge is -2.34. The number of amides is 2. The van der Waals surface area contributed by atoms with E-state index in [1.54, 1.807) is 46.3 Å². The molecule has 0 spiro atoms. The van der Waals surface area contributed by atoms with Crippen molar-refractivity contribution < 1.29 is 9.59 Å². The van der Waals surface area contributed by atoms with Gasteiger partial charge in [-0.2, -0.15) is 0 Å². The van der Waals surface area contributed by atoms with Gasteiger partial charge in [0.1, 0.15) is 5.69 Å². The molecule has 3 rings (SSSR count). The Balaban J connectivity index is 1.71. The number of nitrogens with zero attached hydrogens (tertiary/aromatic N) is 3. The zero-order valence-corrected chi connectivity index (χ0v) is 15.7. The van der Waals surface area contributed by atoms with Crippen LogP contribution in [-0.2, 0) is 4.79 Å². The fourth-order valence-electron chi connectivity index (χ4n) is 2.76. The van der Waals surface area contributed by atoms with Gasteiger partial charge in [0.25, 0.3) is 5.91 Å². The predicted molar refractivity (Wildman–Crippen MR) is 102 cm³/mol. The molecule has 1 aromatic heterocycles. The van der Waals surface area contributed by atoms with Crippen molar-refractivity contribution in [2.24, 2.45) is 0 Å². The number of pyridine rings is 1. The second kappa shape index (κ2) is 7.93. The number of benzene rings is 1. The molecule has 1 N–H and O–H groups in total. The van der Waals surface area contributed by atoms with Gasteiger partial charge in [-0.05, 0) is 30.3 Å². The third-order valence-electron chi connectivity index (χ3n) is 4.20. The van der Waals surface area contributed by atoms with Gasteiger partial charge >= 0.3 is 0 Å². The number of hydrogen-bond donors (Lipinski definition) is 1. The van der Waals surface area contributed by atoms with Crippen LogP contribution in [0.3, 0.4) is 0 Å². The molecule has 0 unspecified atom stereocenters. The van der Waals surface area contributed by atoms with Crippen LogP contribution in [0.1, 0.15) is 17.4 Å². The van der Waals surface area contributed by atoms with E-state index in [1.165, 1.54) is 6.92 Å². The predicted octanol–water partition coefficient (Wildman–Crippen LogP) is 3.44. The van der Waals surface area contributed by atoms with Crippen molar-refractivity contribution in [1.82, 2.24) is 14.8 Å². The lowest BCUT2D eigenvalue weighted by Crippen LogP contribution is -2.50. The molecule has 1 aliphatic rings. The zero-order chi connectivity index (χ0) is 18.7. The minimum absolute atomic E-state index is 0.0289. The highest BCUT2D eigenvalue weighted by atomic mass is 35.5. The Bertz CT molecular complexity index is 836. The summed E-state index contributed by atoms with van der Waals surface area (Å²) in [6, 6.07) is 8.60. The summed E-state index contributed by atoms with van der Waals surface area (Å²) in [6.07, 6.45) is 1.57. The number of nitrogens with one attached hydrogen (secondary N) is 1. The van der Waals surface area contributed by atoms with Crippen molar-refractivity contribution in [3.63, 3.8) is 0 Å². The molecule has 8 heteroatoms. The topological polar surface area (TPSA) is 65.5 Å². The SMILES string of the molecule is CC(=O)N1CCN(C(=O)c2cc(Nc3ccc(Cl)cc3Cl)ccn2)CC1. The first kappa shape index (κ1) is 18.5. The summed E-state index contributed by atoms with van der Waals surface area (Å²) in [5.74, 6) is -0.125. The number of aromatic nitrogens is 1. The number of piperazine rings is 1. The molecule has 0 saturated carbocycles. The van der Waals surface area contributed by atoms with Crippen molar-refractivity contribution in [3.8, 4) is 0 Å². The molecule has 2 heterocycles. The molecule has 136 valence electrons. The lowest BCUT2D eigenvalue weighted by atomic mass is 10.2. The lowest BCUT2D eigenvalue weighted by molar-refractivity contribution is -0.130. The molecule has 0 atom stereocenters. The summed E-state index contributed by atoms with van der Waals surface area (Å²) >= 11 is 12.1. The molecule has 1 saturated heterocycles. The first-order valence-electron chi connectivity index (χ1n) is 8.17. The summed E-state index contributed by atoms with van der Waals surface area (Å²) in [5, 5.41) is 4.21. The Morgan fingerprint density at radius 3 is 2.38 bits per heavy atom. The monoisotopic (exact) mass is 392 g/mol. The van der Waals surface area contributed by atoms with E-state index in [9.17, 15) is 9.59 Å². The standard InChI is InChI=1S/C18H18Cl2N4O2/c1-12(25)23-6-8-24(9-7-23)18(26)17-11-14(4-5-21-17)22-16-3-2-13(19)10-15(16)20/h2-5,10-11H,6-9H2,1H3,(H,21,22). The number of rotatable bonds is 3. The van der Waals surface area contributed by atoms with Gasteiger partial charge in [-0.15, -0.1) is 0 Å². The third kappa shape index (κ3) is 4.26. The van der Waals surface area contributed by atoms with Crippen molar-refractivity contribution >= 4 is 46.4 Å². The average Bonchev–Trinajstić information content (AvgIpc) is 2.64. The van der Waals surface area contributed by atoms with Crippen LogP contribution in [0.15, 0.2) is 36.5 Å². The van der Waals surface area contributed by atoms with E-state index < -0.39 is 0 Å². The largest absolute Gasteiger partial charge is 0.354 e. The summed E-state index contributed by atoms with van der Waals surface area (Å²) in [4.78, 5) is 31.7. The Morgan fingerprint density at radius 1 is 1.04 bits per heavy atom. The van der Waals surface area contributed by atoms with Gasteiger partial charge in [-0.1, -0.05) is 23.2 Å². The van der Waals surface area contributed by atoms with Gasteiger partial charge in [0, 0.05) is 50.0 Å².